The van der Waals surface area contributed by atoms with Crippen LogP contribution in [0.3, 0.4) is 0 Å². The van der Waals surface area contributed by atoms with Gasteiger partial charge in [0.25, 0.3) is 5.69 Å². The maximum atomic E-state index is 11.9. The number of fused-ring (bicyclic) bond motifs is 1. The van der Waals surface area contributed by atoms with Crippen molar-refractivity contribution < 1.29 is 14.8 Å². The van der Waals surface area contributed by atoms with Crippen LogP contribution in [0.2, 0.25) is 0 Å². The summed E-state index contributed by atoms with van der Waals surface area (Å²) < 4.78 is 3.55. The first-order valence-electron chi connectivity index (χ1n) is 10.4. The second kappa shape index (κ2) is 7.93. The van der Waals surface area contributed by atoms with Crippen LogP contribution < -0.4 is 4.90 Å². The lowest BCUT2D eigenvalue weighted by atomic mass is 10.0. The predicted molar refractivity (Wildman–Crippen MR) is 120 cm³/mol. The molecule has 0 radical (unpaired) electrons. The lowest BCUT2D eigenvalue weighted by Crippen LogP contribution is -2.50. The molecule has 0 spiro atoms. The topological polar surface area (TPSA) is 122 Å². The summed E-state index contributed by atoms with van der Waals surface area (Å²) in [7, 11) is 1.87. The number of carbonyl (C=O) groups is 1. The van der Waals surface area contributed by atoms with E-state index in [1.807, 2.05) is 36.1 Å². The molecule has 11 heteroatoms. The van der Waals surface area contributed by atoms with Gasteiger partial charge in [-0.1, -0.05) is 18.2 Å². The van der Waals surface area contributed by atoms with Gasteiger partial charge in [-0.3, -0.25) is 19.7 Å². The van der Waals surface area contributed by atoms with Gasteiger partial charge in [0.1, 0.15) is 0 Å². The Hall–Kier alpha value is -4.41. The minimum atomic E-state index is -1.01. The standard InChI is InChI=1S/C22H21N7O4/c1-25-12-17(10-23-25)16-4-7-19-20(11-24-28(19)13-16)26-8-9-27(22(30)31)21(14-26)15-2-5-18(6-3-15)29(32)33/h2-7,10-13,21H,8-9,14H2,1H3,(H,30,31). The van der Waals surface area contributed by atoms with Crippen LogP contribution in [0.5, 0.6) is 0 Å². The minimum Gasteiger partial charge on any atom is -0.465 e. The Morgan fingerprint density at radius 1 is 1.06 bits per heavy atom. The third-order valence-corrected chi connectivity index (χ3v) is 5.99. The van der Waals surface area contributed by atoms with Crippen LogP contribution in [-0.2, 0) is 7.05 Å². The lowest BCUT2D eigenvalue weighted by Gasteiger charge is -2.40. The highest BCUT2D eigenvalue weighted by molar-refractivity contribution is 5.76. The maximum absolute atomic E-state index is 11.9. The molecule has 1 aromatic carbocycles. The van der Waals surface area contributed by atoms with E-state index in [2.05, 4.69) is 15.1 Å². The molecule has 33 heavy (non-hydrogen) atoms. The van der Waals surface area contributed by atoms with E-state index in [9.17, 15) is 20.0 Å². The molecule has 4 aromatic rings. The van der Waals surface area contributed by atoms with Gasteiger partial charge in [0.05, 0.1) is 34.6 Å². The number of anilines is 1. The average molecular weight is 447 g/mol. The van der Waals surface area contributed by atoms with E-state index in [0.29, 0.717) is 25.2 Å². The summed E-state index contributed by atoms with van der Waals surface area (Å²) in [6.45, 7) is 1.24. The van der Waals surface area contributed by atoms with Crippen molar-refractivity contribution in [2.75, 3.05) is 24.5 Å². The van der Waals surface area contributed by atoms with Gasteiger partial charge in [0, 0.05) is 62.3 Å². The Bertz CT molecular complexity index is 1340. The van der Waals surface area contributed by atoms with Gasteiger partial charge in [-0.2, -0.15) is 10.2 Å². The quantitative estimate of drug-likeness (QED) is 0.377. The molecule has 1 aliphatic rings. The van der Waals surface area contributed by atoms with Gasteiger partial charge >= 0.3 is 6.09 Å². The molecular formula is C22H21N7O4. The predicted octanol–water partition coefficient (Wildman–Crippen LogP) is 3.18. The second-order valence-corrected chi connectivity index (χ2v) is 7.97. The number of nitrogens with zero attached hydrogens (tertiary/aromatic N) is 7. The molecule has 0 saturated carbocycles. The molecule has 1 saturated heterocycles. The van der Waals surface area contributed by atoms with Crippen LogP contribution in [0.15, 0.2) is 61.2 Å². The van der Waals surface area contributed by atoms with Gasteiger partial charge < -0.3 is 10.0 Å². The monoisotopic (exact) mass is 447 g/mol. The zero-order chi connectivity index (χ0) is 23.1. The maximum Gasteiger partial charge on any atom is 0.407 e. The Labute approximate surface area is 188 Å². The number of piperazine rings is 1. The first-order valence-corrected chi connectivity index (χ1v) is 10.4. The third kappa shape index (κ3) is 3.73. The zero-order valence-electron chi connectivity index (χ0n) is 17.8. The Balaban J connectivity index is 1.45. The van der Waals surface area contributed by atoms with Gasteiger partial charge in [-0.15, -0.1) is 0 Å². The summed E-state index contributed by atoms with van der Waals surface area (Å²) in [5.41, 5.74) is 4.48. The fourth-order valence-corrected chi connectivity index (χ4v) is 4.29. The molecular weight excluding hydrogens is 426 g/mol. The van der Waals surface area contributed by atoms with Crippen molar-refractivity contribution in [2.45, 2.75) is 6.04 Å². The fraction of sp³-hybridized carbons (Fsp3) is 0.227. The SMILES string of the molecule is Cn1cc(-c2ccc3c(N4CCN(C(=O)O)C(c5ccc([N+](=O)[O-])cc5)C4)cnn3c2)cn1. The van der Waals surface area contributed by atoms with E-state index in [-0.39, 0.29) is 5.69 Å². The van der Waals surface area contributed by atoms with Crippen LogP contribution in [-0.4, -0.2) is 60.1 Å². The molecule has 1 aliphatic heterocycles. The normalized spacial score (nSPS) is 16.3. The number of rotatable bonds is 4. The zero-order valence-corrected chi connectivity index (χ0v) is 17.8. The van der Waals surface area contributed by atoms with E-state index >= 15 is 0 Å². The number of non-ortho nitro benzene ring substituents is 1. The molecule has 3 aromatic heterocycles. The van der Waals surface area contributed by atoms with E-state index in [0.717, 1.165) is 22.3 Å². The van der Waals surface area contributed by atoms with Crippen LogP contribution in [0.25, 0.3) is 16.6 Å². The number of pyridine rings is 1. The molecule has 0 bridgehead atoms. The van der Waals surface area contributed by atoms with E-state index < -0.39 is 17.1 Å². The number of aryl methyl sites for hydroxylation is 1. The van der Waals surface area contributed by atoms with Gasteiger partial charge in [0.15, 0.2) is 0 Å². The van der Waals surface area contributed by atoms with Crippen molar-refractivity contribution in [3.8, 4) is 11.1 Å². The summed E-state index contributed by atoms with van der Waals surface area (Å²) >= 11 is 0. The number of nitro benzene ring substituents is 1. The second-order valence-electron chi connectivity index (χ2n) is 7.97. The van der Waals surface area contributed by atoms with Crippen molar-refractivity contribution in [1.29, 1.82) is 0 Å². The summed E-state index contributed by atoms with van der Waals surface area (Å²) in [5.74, 6) is 0. The van der Waals surface area contributed by atoms with E-state index in [4.69, 9.17) is 0 Å². The van der Waals surface area contributed by atoms with Gasteiger partial charge in [-0.25, -0.2) is 9.31 Å². The van der Waals surface area contributed by atoms with Crippen molar-refractivity contribution in [3.63, 3.8) is 0 Å². The summed E-state index contributed by atoms with van der Waals surface area (Å²) in [6, 6.07) is 9.61. The van der Waals surface area contributed by atoms with E-state index in [1.165, 1.54) is 17.0 Å². The first-order chi connectivity index (χ1) is 15.9. The summed E-state index contributed by atoms with van der Waals surface area (Å²) in [4.78, 5) is 25.9. The van der Waals surface area contributed by atoms with Crippen molar-refractivity contribution >= 4 is 23.0 Å². The van der Waals surface area contributed by atoms with Crippen molar-refractivity contribution in [1.82, 2.24) is 24.3 Å². The molecule has 168 valence electrons. The number of aromatic nitrogens is 4. The van der Waals surface area contributed by atoms with Gasteiger partial charge in [-0.05, 0) is 11.6 Å². The fourth-order valence-electron chi connectivity index (χ4n) is 4.29. The molecule has 1 unspecified atom stereocenters. The largest absolute Gasteiger partial charge is 0.465 e. The van der Waals surface area contributed by atoms with Crippen molar-refractivity contribution in [3.05, 3.63) is 76.9 Å². The summed E-state index contributed by atoms with van der Waals surface area (Å²) in [5, 5.41) is 29.4. The highest BCUT2D eigenvalue weighted by atomic mass is 16.6. The number of amides is 1. The Morgan fingerprint density at radius 3 is 2.52 bits per heavy atom. The minimum absolute atomic E-state index is 0.0275. The molecule has 1 N–H and O–H groups in total. The average Bonchev–Trinajstić information content (AvgIpc) is 3.44. The number of hydrogen-bond donors (Lipinski definition) is 1. The van der Waals surface area contributed by atoms with Crippen LogP contribution in [0, 0.1) is 10.1 Å². The molecule has 1 fully saturated rings. The number of nitro groups is 1. The highest BCUT2D eigenvalue weighted by Crippen LogP contribution is 2.32. The van der Waals surface area contributed by atoms with Crippen molar-refractivity contribution in [2.24, 2.45) is 7.05 Å². The van der Waals surface area contributed by atoms with Gasteiger partial charge in [0.2, 0.25) is 0 Å². The molecule has 4 heterocycles. The molecule has 1 atom stereocenters. The molecule has 1 amide bonds. The first kappa shape index (κ1) is 20.5. The van der Waals surface area contributed by atoms with E-state index in [1.54, 1.807) is 29.2 Å². The molecule has 5 rings (SSSR count). The molecule has 0 aliphatic carbocycles. The highest BCUT2D eigenvalue weighted by Gasteiger charge is 2.33. The summed E-state index contributed by atoms with van der Waals surface area (Å²) in [6.07, 6.45) is 6.44. The number of carboxylic acid groups (broad SMARTS) is 1. The lowest BCUT2D eigenvalue weighted by molar-refractivity contribution is -0.384. The third-order valence-electron chi connectivity index (χ3n) is 5.99. The smallest absolute Gasteiger partial charge is 0.407 e. The molecule has 11 nitrogen and oxygen atoms in total. The number of hydrogen-bond acceptors (Lipinski definition) is 6. The van der Waals surface area contributed by atoms with Crippen LogP contribution >= 0.6 is 0 Å². The number of benzene rings is 1. The Kier molecular flexibility index (Phi) is 4.93. The van der Waals surface area contributed by atoms with Crippen LogP contribution in [0.1, 0.15) is 11.6 Å². The van der Waals surface area contributed by atoms with Crippen LogP contribution in [0.4, 0.5) is 16.2 Å². The Morgan fingerprint density at radius 2 is 1.85 bits per heavy atom.